The molecular weight excluding hydrogens is 358 g/mol. The third-order valence-corrected chi connectivity index (χ3v) is 4.86. The lowest BCUT2D eigenvalue weighted by molar-refractivity contribution is -0.384. The summed E-state index contributed by atoms with van der Waals surface area (Å²) in [7, 11) is -3.54. The number of nitro benzene ring substituents is 1. The molecule has 2 aromatic carbocycles. The normalized spacial score (nSPS) is 11.4. The number of nitrogens with zero attached hydrogens (tertiary/aromatic N) is 1. The van der Waals surface area contributed by atoms with Gasteiger partial charge in [0.1, 0.15) is 0 Å². The van der Waals surface area contributed by atoms with E-state index in [9.17, 15) is 23.3 Å². The van der Waals surface area contributed by atoms with Crippen LogP contribution in [0.15, 0.2) is 59.5 Å². The van der Waals surface area contributed by atoms with Gasteiger partial charge in [0.25, 0.3) is 5.69 Å². The van der Waals surface area contributed by atoms with Crippen molar-refractivity contribution in [2.75, 3.05) is 11.9 Å². The molecule has 0 atom stereocenters. The summed E-state index contributed by atoms with van der Waals surface area (Å²) in [5, 5.41) is 13.2. The van der Waals surface area contributed by atoms with E-state index in [1.54, 1.807) is 6.92 Å². The molecule has 2 aromatic rings. The Morgan fingerprint density at radius 1 is 1.12 bits per heavy atom. The molecule has 0 aliphatic rings. The minimum atomic E-state index is -3.54. The molecule has 2 rings (SSSR count). The van der Waals surface area contributed by atoms with Gasteiger partial charge in [0, 0.05) is 30.4 Å². The van der Waals surface area contributed by atoms with E-state index in [0.717, 1.165) is 0 Å². The van der Waals surface area contributed by atoms with Crippen molar-refractivity contribution in [1.29, 1.82) is 0 Å². The highest BCUT2D eigenvalue weighted by Crippen LogP contribution is 2.15. The van der Waals surface area contributed by atoms with E-state index < -0.39 is 20.9 Å². The van der Waals surface area contributed by atoms with Crippen LogP contribution in [0.25, 0.3) is 6.08 Å². The third-order valence-electron chi connectivity index (χ3n) is 3.30. The van der Waals surface area contributed by atoms with Crippen molar-refractivity contribution >= 4 is 33.4 Å². The van der Waals surface area contributed by atoms with E-state index in [4.69, 9.17) is 0 Å². The molecule has 136 valence electrons. The van der Waals surface area contributed by atoms with Crippen LogP contribution in [0.2, 0.25) is 0 Å². The molecule has 0 spiro atoms. The Labute approximate surface area is 150 Å². The number of nitrogens with one attached hydrogen (secondary N) is 2. The maximum Gasteiger partial charge on any atom is 0.269 e. The first-order valence-electron chi connectivity index (χ1n) is 7.65. The lowest BCUT2D eigenvalue weighted by atomic mass is 10.2. The summed E-state index contributed by atoms with van der Waals surface area (Å²) < 4.78 is 26.1. The number of rotatable bonds is 7. The number of anilines is 1. The van der Waals surface area contributed by atoms with Crippen LogP contribution in [0.5, 0.6) is 0 Å². The molecule has 0 aliphatic heterocycles. The molecule has 0 fully saturated rings. The van der Waals surface area contributed by atoms with E-state index in [2.05, 4.69) is 10.0 Å². The highest BCUT2D eigenvalue weighted by molar-refractivity contribution is 7.89. The molecular formula is C17H17N3O5S. The fraction of sp³-hybridized carbons (Fsp3) is 0.118. The van der Waals surface area contributed by atoms with Crippen LogP contribution in [0.3, 0.4) is 0 Å². The van der Waals surface area contributed by atoms with Crippen molar-refractivity contribution < 1.29 is 18.1 Å². The number of non-ortho nitro benzene ring substituents is 1. The Hall–Kier alpha value is -3.04. The molecule has 0 saturated heterocycles. The number of carbonyl (C=O) groups excluding carboxylic acids is 1. The number of benzene rings is 2. The van der Waals surface area contributed by atoms with Crippen LogP contribution in [-0.2, 0) is 14.8 Å². The molecule has 0 unspecified atom stereocenters. The number of carbonyl (C=O) groups is 1. The second-order valence-corrected chi connectivity index (χ2v) is 6.96. The first kappa shape index (κ1) is 19.3. The average Bonchev–Trinajstić information content (AvgIpc) is 2.61. The van der Waals surface area contributed by atoms with Crippen LogP contribution in [0.1, 0.15) is 12.5 Å². The smallest absolute Gasteiger partial charge is 0.269 e. The summed E-state index contributed by atoms with van der Waals surface area (Å²) in [6.45, 7) is 1.97. The summed E-state index contributed by atoms with van der Waals surface area (Å²) in [5.74, 6) is -0.411. The zero-order valence-electron chi connectivity index (χ0n) is 13.9. The molecule has 8 nitrogen and oxygen atoms in total. The number of sulfonamides is 1. The number of hydrogen-bond donors (Lipinski definition) is 2. The van der Waals surface area contributed by atoms with Gasteiger partial charge in [0.15, 0.2) is 0 Å². The minimum absolute atomic E-state index is 0.0285. The SMILES string of the molecule is CCNS(=O)(=O)c1ccc(NC(=O)/C=C/c2ccc([N+](=O)[O-])cc2)cc1. The van der Waals surface area contributed by atoms with Crippen LogP contribution < -0.4 is 10.0 Å². The van der Waals surface area contributed by atoms with Gasteiger partial charge < -0.3 is 5.32 Å². The van der Waals surface area contributed by atoms with E-state index in [1.807, 2.05) is 0 Å². The predicted molar refractivity (Wildman–Crippen MR) is 98.1 cm³/mol. The zero-order chi connectivity index (χ0) is 19.2. The second kappa shape index (κ2) is 8.37. The predicted octanol–water partition coefficient (Wildman–Crippen LogP) is 2.54. The Morgan fingerprint density at radius 2 is 1.73 bits per heavy atom. The van der Waals surface area contributed by atoms with E-state index in [0.29, 0.717) is 11.3 Å². The van der Waals surface area contributed by atoms with Gasteiger partial charge in [-0.15, -0.1) is 0 Å². The van der Waals surface area contributed by atoms with Crippen molar-refractivity contribution in [2.45, 2.75) is 11.8 Å². The number of nitro groups is 1. The second-order valence-electron chi connectivity index (χ2n) is 5.20. The van der Waals surface area contributed by atoms with E-state index >= 15 is 0 Å². The van der Waals surface area contributed by atoms with Gasteiger partial charge >= 0.3 is 0 Å². The maximum absolute atomic E-state index is 11.9. The quantitative estimate of drug-likeness (QED) is 0.438. The van der Waals surface area contributed by atoms with Crippen LogP contribution in [0, 0.1) is 10.1 Å². The van der Waals surface area contributed by atoms with E-state index in [-0.39, 0.29) is 17.1 Å². The highest BCUT2D eigenvalue weighted by Gasteiger charge is 2.12. The lowest BCUT2D eigenvalue weighted by Crippen LogP contribution is -2.23. The van der Waals surface area contributed by atoms with Crippen LogP contribution in [-0.4, -0.2) is 25.8 Å². The monoisotopic (exact) mass is 375 g/mol. The van der Waals surface area contributed by atoms with Crippen molar-refractivity contribution in [3.05, 3.63) is 70.3 Å². The third kappa shape index (κ3) is 5.23. The van der Waals surface area contributed by atoms with Gasteiger partial charge in [-0.1, -0.05) is 6.92 Å². The first-order chi connectivity index (χ1) is 12.3. The highest BCUT2D eigenvalue weighted by atomic mass is 32.2. The molecule has 1 amide bonds. The Balaban J connectivity index is 2.00. The molecule has 2 N–H and O–H groups in total. The lowest BCUT2D eigenvalue weighted by Gasteiger charge is -2.06. The van der Waals surface area contributed by atoms with Gasteiger partial charge in [0.2, 0.25) is 15.9 Å². The van der Waals surface area contributed by atoms with Gasteiger partial charge in [-0.2, -0.15) is 0 Å². The van der Waals surface area contributed by atoms with Crippen molar-refractivity contribution in [3.63, 3.8) is 0 Å². The van der Waals surface area contributed by atoms with Crippen molar-refractivity contribution in [2.24, 2.45) is 0 Å². The van der Waals surface area contributed by atoms with Gasteiger partial charge in [0.05, 0.1) is 9.82 Å². The van der Waals surface area contributed by atoms with Gasteiger partial charge in [-0.3, -0.25) is 14.9 Å². The standard InChI is InChI=1S/C17H17N3O5S/c1-2-18-26(24,25)16-10-6-14(7-11-16)19-17(21)12-5-13-3-8-15(9-4-13)20(22)23/h3-12,18H,2H2,1H3,(H,19,21)/b12-5+. The molecule has 0 radical (unpaired) electrons. The topological polar surface area (TPSA) is 118 Å². The molecule has 0 aromatic heterocycles. The summed E-state index contributed by atoms with van der Waals surface area (Å²) in [5.41, 5.74) is 1.05. The molecule has 0 saturated carbocycles. The van der Waals surface area contributed by atoms with Crippen LogP contribution >= 0.6 is 0 Å². The fourth-order valence-electron chi connectivity index (χ4n) is 2.05. The fourth-order valence-corrected chi connectivity index (χ4v) is 3.09. The number of amides is 1. The van der Waals surface area contributed by atoms with Gasteiger partial charge in [-0.25, -0.2) is 13.1 Å². The molecule has 9 heteroatoms. The molecule has 26 heavy (non-hydrogen) atoms. The number of hydrogen-bond acceptors (Lipinski definition) is 5. The first-order valence-corrected chi connectivity index (χ1v) is 9.13. The summed E-state index contributed by atoms with van der Waals surface area (Å²) in [6.07, 6.45) is 2.80. The van der Waals surface area contributed by atoms with Crippen molar-refractivity contribution in [3.8, 4) is 0 Å². The largest absolute Gasteiger partial charge is 0.323 e. The molecule has 0 bridgehead atoms. The average molecular weight is 375 g/mol. The molecule has 0 aliphatic carbocycles. The van der Waals surface area contributed by atoms with E-state index in [1.165, 1.54) is 60.7 Å². The van der Waals surface area contributed by atoms with Crippen molar-refractivity contribution in [1.82, 2.24) is 4.72 Å². The van der Waals surface area contributed by atoms with Gasteiger partial charge in [-0.05, 0) is 48.0 Å². The summed E-state index contributed by atoms with van der Waals surface area (Å²) in [6, 6.07) is 11.5. The zero-order valence-corrected chi connectivity index (χ0v) is 14.7. The Morgan fingerprint density at radius 3 is 2.27 bits per heavy atom. The van der Waals surface area contributed by atoms with Crippen LogP contribution in [0.4, 0.5) is 11.4 Å². The summed E-state index contributed by atoms with van der Waals surface area (Å²) >= 11 is 0. The Bertz CT molecular complexity index is 920. The molecule has 0 heterocycles. The Kier molecular flexibility index (Phi) is 6.21. The minimum Gasteiger partial charge on any atom is -0.323 e. The maximum atomic E-state index is 11.9. The summed E-state index contributed by atoms with van der Waals surface area (Å²) in [4.78, 5) is 22.1.